The van der Waals surface area contributed by atoms with Gasteiger partial charge in [0.1, 0.15) is 5.82 Å². The number of hydrogen-bond acceptors (Lipinski definition) is 4. The standard InChI is InChI=1S/C24H26N6O2/c1-25-17-6-9-20-19(14-17)27-23(28(20)12-4-2-3-5-13-31)16-29-22-15-26-11-10-21(22)30(24(29)32)18-7-8-18/h6,9-11,14-15,18,31H,2-5,7-8,12-13,16H2. The summed E-state index contributed by atoms with van der Waals surface area (Å²) >= 11 is 0. The van der Waals surface area contributed by atoms with Crippen molar-refractivity contribution in [2.24, 2.45) is 0 Å². The SMILES string of the molecule is [C-]#[N+]c1ccc2c(c1)nc(Cn1c(=O)n(C3CC3)c3ccncc31)n2CCCCCCO. The molecular weight excluding hydrogens is 404 g/mol. The Morgan fingerprint density at radius 2 is 1.91 bits per heavy atom. The molecule has 1 saturated carbocycles. The van der Waals surface area contributed by atoms with Gasteiger partial charge in [-0.15, -0.1) is 0 Å². The highest BCUT2D eigenvalue weighted by Gasteiger charge is 2.29. The van der Waals surface area contributed by atoms with E-state index >= 15 is 0 Å². The number of imidazole rings is 2. The van der Waals surface area contributed by atoms with Gasteiger partial charge in [0.25, 0.3) is 0 Å². The second-order valence-electron chi connectivity index (χ2n) is 8.44. The van der Waals surface area contributed by atoms with E-state index in [0.29, 0.717) is 12.2 Å². The first-order valence-corrected chi connectivity index (χ1v) is 11.2. The molecule has 8 heteroatoms. The average molecular weight is 431 g/mol. The molecule has 0 radical (unpaired) electrons. The molecule has 4 aromatic rings. The fourth-order valence-corrected chi connectivity index (χ4v) is 4.45. The van der Waals surface area contributed by atoms with Crippen molar-refractivity contribution in [3.63, 3.8) is 0 Å². The van der Waals surface area contributed by atoms with Crippen LogP contribution in [-0.2, 0) is 13.1 Å². The van der Waals surface area contributed by atoms with Crippen molar-refractivity contribution in [2.75, 3.05) is 6.61 Å². The predicted molar refractivity (Wildman–Crippen MR) is 123 cm³/mol. The number of aryl methyl sites for hydroxylation is 1. The number of hydrogen-bond donors (Lipinski definition) is 1. The van der Waals surface area contributed by atoms with E-state index in [4.69, 9.17) is 16.7 Å². The normalized spacial score (nSPS) is 13.8. The molecule has 5 rings (SSSR count). The van der Waals surface area contributed by atoms with Crippen molar-refractivity contribution in [1.82, 2.24) is 23.7 Å². The van der Waals surface area contributed by atoms with Gasteiger partial charge in [-0.1, -0.05) is 18.9 Å². The number of benzene rings is 1. The quantitative estimate of drug-likeness (QED) is 0.321. The maximum Gasteiger partial charge on any atom is 0.329 e. The Bertz CT molecular complexity index is 1370. The highest BCUT2D eigenvalue weighted by atomic mass is 16.2. The van der Waals surface area contributed by atoms with Gasteiger partial charge in [0.05, 0.1) is 41.4 Å². The van der Waals surface area contributed by atoms with Gasteiger partial charge in [-0.3, -0.25) is 14.1 Å². The lowest BCUT2D eigenvalue weighted by Gasteiger charge is -2.10. The predicted octanol–water partition coefficient (Wildman–Crippen LogP) is 4.03. The Kier molecular flexibility index (Phi) is 5.50. The summed E-state index contributed by atoms with van der Waals surface area (Å²) in [4.78, 5) is 26.0. The summed E-state index contributed by atoms with van der Waals surface area (Å²) in [5.74, 6) is 0.810. The maximum atomic E-state index is 13.3. The van der Waals surface area contributed by atoms with Crippen LogP contribution in [0.1, 0.15) is 50.4 Å². The third kappa shape index (κ3) is 3.69. The summed E-state index contributed by atoms with van der Waals surface area (Å²) in [5, 5.41) is 9.03. The fraction of sp³-hybridized carbons (Fsp3) is 0.417. The van der Waals surface area contributed by atoms with E-state index in [1.54, 1.807) is 17.0 Å². The Hall–Kier alpha value is -3.44. The molecule has 0 bridgehead atoms. The molecule has 1 aliphatic carbocycles. The molecule has 0 amide bonds. The molecule has 3 aromatic heterocycles. The zero-order chi connectivity index (χ0) is 22.1. The monoisotopic (exact) mass is 430 g/mol. The van der Waals surface area contributed by atoms with E-state index < -0.39 is 0 Å². The summed E-state index contributed by atoms with van der Waals surface area (Å²) in [7, 11) is 0. The third-order valence-electron chi connectivity index (χ3n) is 6.21. The van der Waals surface area contributed by atoms with E-state index in [0.717, 1.165) is 73.0 Å². The van der Waals surface area contributed by atoms with E-state index in [9.17, 15) is 4.79 Å². The lowest BCUT2D eigenvalue weighted by Crippen LogP contribution is -2.25. The van der Waals surface area contributed by atoms with Crippen LogP contribution in [0.4, 0.5) is 5.69 Å². The summed E-state index contributed by atoms with van der Waals surface area (Å²) < 4.78 is 5.85. The molecule has 0 atom stereocenters. The highest BCUT2D eigenvalue weighted by Crippen LogP contribution is 2.36. The van der Waals surface area contributed by atoms with Gasteiger partial charge in [-0.05, 0) is 43.9 Å². The first kappa shape index (κ1) is 20.5. The van der Waals surface area contributed by atoms with Gasteiger partial charge < -0.3 is 9.67 Å². The first-order valence-electron chi connectivity index (χ1n) is 11.2. The van der Waals surface area contributed by atoms with Crippen LogP contribution in [0.25, 0.3) is 26.9 Å². The number of aromatic nitrogens is 5. The van der Waals surface area contributed by atoms with Crippen LogP contribution < -0.4 is 5.69 Å². The fourth-order valence-electron chi connectivity index (χ4n) is 4.45. The Morgan fingerprint density at radius 1 is 1.06 bits per heavy atom. The van der Waals surface area contributed by atoms with Gasteiger partial charge in [0.15, 0.2) is 5.69 Å². The third-order valence-corrected chi connectivity index (χ3v) is 6.21. The molecule has 1 fully saturated rings. The molecule has 0 aliphatic heterocycles. The van der Waals surface area contributed by atoms with Crippen LogP contribution >= 0.6 is 0 Å². The Morgan fingerprint density at radius 3 is 2.69 bits per heavy atom. The average Bonchev–Trinajstić information content (AvgIpc) is 3.53. The molecule has 0 spiro atoms. The number of rotatable bonds is 9. The molecule has 32 heavy (non-hydrogen) atoms. The van der Waals surface area contributed by atoms with E-state index in [1.165, 1.54) is 0 Å². The molecule has 1 aromatic carbocycles. The van der Waals surface area contributed by atoms with Gasteiger partial charge in [0.2, 0.25) is 0 Å². The largest absolute Gasteiger partial charge is 0.396 e. The molecule has 0 unspecified atom stereocenters. The highest BCUT2D eigenvalue weighted by molar-refractivity contribution is 5.80. The van der Waals surface area contributed by atoms with E-state index in [2.05, 4.69) is 14.4 Å². The number of aliphatic hydroxyl groups is 1. The van der Waals surface area contributed by atoms with Crippen molar-refractivity contribution < 1.29 is 5.11 Å². The zero-order valence-electron chi connectivity index (χ0n) is 17.9. The van der Waals surface area contributed by atoms with Gasteiger partial charge in [-0.25, -0.2) is 14.6 Å². The molecule has 8 nitrogen and oxygen atoms in total. The topological polar surface area (TPSA) is 82.2 Å². The molecule has 3 heterocycles. The number of aliphatic hydroxyl groups excluding tert-OH is 1. The number of fused-ring (bicyclic) bond motifs is 2. The number of pyridine rings is 1. The van der Waals surface area contributed by atoms with Crippen LogP contribution in [0.3, 0.4) is 0 Å². The summed E-state index contributed by atoms with van der Waals surface area (Å²) in [6.45, 7) is 8.68. The molecule has 1 N–H and O–H groups in total. The molecule has 164 valence electrons. The van der Waals surface area contributed by atoms with Crippen LogP contribution in [0.5, 0.6) is 0 Å². The maximum absolute atomic E-state index is 13.3. The number of nitrogens with zero attached hydrogens (tertiary/aromatic N) is 6. The molecule has 1 aliphatic rings. The second-order valence-corrected chi connectivity index (χ2v) is 8.44. The number of unbranched alkanes of at least 4 members (excludes halogenated alkanes) is 3. The van der Waals surface area contributed by atoms with Crippen LogP contribution in [0, 0.1) is 6.57 Å². The minimum atomic E-state index is -0.0149. The zero-order valence-corrected chi connectivity index (χ0v) is 17.9. The molecular formula is C24H26N6O2. The minimum absolute atomic E-state index is 0.0149. The van der Waals surface area contributed by atoms with E-state index in [1.807, 2.05) is 28.8 Å². The van der Waals surface area contributed by atoms with Crippen molar-refractivity contribution in [3.8, 4) is 0 Å². The van der Waals surface area contributed by atoms with Crippen molar-refractivity contribution >= 4 is 27.8 Å². The van der Waals surface area contributed by atoms with Gasteiger partial charge >= 0.3 is 5.69 Å². The summed E-state index contributed by atoms with van der Waals surface area (Å²) in [5.41, 5.74) is 4.05. The van der Waals surface area contributed by atoms with Gasteiger partial charge in [0, 0.05) is 25.4 Å². The van der Waals surface area contributed by atoms with Crippen LogP contribution in [-0.4, -0.2) is 35.4 Å². The van der Waals surface area contributed by atoms with Crippen molar-refractivity contribution in [1.29, 1.82) is 0 Å². The van der Waals surface area contributed by atoms with Crippen molar-refractivity contribution in [3.05, 3.63) is 64.4 Å². The lowest BCUT2D eigenvalue weighted by atomic mass is 10.2. The van der Waals surface area contributed by atoms with E-state index in [-0.39, 0.29) is 18.3 Å². The lowest BCUT2D eigenvalue weighted by molar-refractivity contribution is 0.282. The Labute approximate surface area is 185 Å². The summed E-state index contributed by atoms with van der Waals surface area (Å²) in [6, 6.07) is 7.77. The van der Waals surface area contributed by atoms with Gasteiger partial charge in [-0.2, -0.15) is 0 Å². The minimum Gasteiger partial charge on any atom is -0.396 e. The van der Waals surface area contributed by atoms with Crippen LogP contribution in [0.2, 0.25) is 0 Å². The van der Waals surface area contributed by atoms with Crippen LogP contribution in [0.15, 0.2) is 41.5 Å². The smallest absolute Gasteiger partial charge is 0.329 e. The molecule has 0 saturated heterocycles. The first-order chi connectivity index (χ1) is 15.7. The second kappa shape index (κ2) is 8.60. The Balaban J connectivity index is 1.55. The van der Waals surface area contributed by atoms with Crippen molar-refractivity contribution in [2.45, 2.75) is 57.7 Å². The summed E-state index contributed by atoms with van der Waals surface area (Å²) in [6.07, 6.45) is 9.34.